The van der Waals surface area contributed by atoms with Gasteiger partial charge in [-0.05, 0) is 13.0 Å². The third-order valence-electron chi connectivity index (χ3n) is 1.98. The summed E-state index contributed by atoms with van der Waals surface area (Å²) in [7, 11) is 0. The van der Waals surface area contributed by atoms with E-state index in [1.807, 2.05) is 0 Å². The maximum Gasteiger partial charge on any atom is 0.250 e. The predicted octanol–water partition coefficient (Wildman–Crippen LogP) is 1.65. The molecule has 1 aliphatic rings. The largest absolute Gasteiger partial charge is 0.307 e. The summed E-state index contributed by atoms with van der Waals surface area (Å²) in [6.07, 6.45) is 1.46. The van der Waals surface area contributed by atoms with Crippen molar-refractivity contribution in [2.24, 2.45) is 4.99 Å². The number of hydrogen-bond acceptors (Lipinski definition) is 3. The van der Waals surface area contributed by atoms with Crippen LogP contribution in [0.1, 0.15) is 12.6 Å². The molecular weight excluding hydrogens is 237 g/mol. The second-order valence-electron chi connectivity index (χ2n) is 3.13. The maximum absolute atomic E-state index is 11.2. The van der Waals surface area contributed by atoms with E-state index in [1.54, 1.807) is 13.0 Å². The van der Waals surface area contributed by atoms with Crippen molar-refractivity contribution < 1.29 is 4.79 Å². The Kier molecular flexibility index (Phi) is 2.63. The quantitative estimate of drug-likeness (QED) is 0.816. The average Bonchev–Trinajstić information content (AvgIpc) is 2.46. The number of amides is 1. The summed E-state index contributed by atoms with van der Waals surface area (Å²) in [5.41, 5.74) is 0.443. The van der Waals surface area contributed by atoms with E-state index in [0.29, 0.717) is 21.6 Å². The van der Waals surface area contributed by atoms with Crippen LogP contribution in [0.15, 0.2) is 17.3 Å². The van der Waals surface area contributed by atoms with Gasteiger partial charge in [0.05, 0.1) is 10.0 Å². The van der Waals surface area contributed by atoms with Crippen molar-refractivity contribution in [3.05, 3.63) is 28.0 Å². The molecule has 1 atom stereocenters. The molecule has 4 nitrogen and oxygen atoms in total. The monoisotopic (exact) mass is 243 g/mol. The van der Waals surface area contributed by atoms with Crippen LogP contribution in [0.4, 0.5) is 0 Å². The summed E-state index contributed by atoms with van der Waals surface area (Å²) in [6.45, 7) is 1.70. The molecule has 1 unspecified atom stereocenters. The van der Waals surface area contributed by atoms with E-state index in [9.17, 15) is 4.79 Å². The number of nitrogens with zero attached hydrogens (tertiary/aromatic N) is 2. The first-order valence-electron chi connectivity index (χ1n) is 4.28. The number of aliphatic imine (C=N–C) groups is 1. The van der Waals surface area contributed by atoms with Crippen LogP contribution in [0.25, 0.3) is 0 Å². The smallest absolute Gasteiger partial charge is 0.250 e. The van der Waals surface area contributed by atoms with Crippen molar-refractivity contribution in [3.63, 3.8) is 0 Å². The van der Waals surface area contributed by atoms with Gasteiger partial charge in [-0.25, -0.2) is 4.98 Å². The second-order valence-corrected chi connectivity index (χ2v) is 3.97. The first-order valence-corrected chi connectivity index (χ1v) is 5.03. The molecule has 1 aromatic heterocycles. The van der Waals surface area contributed by atoms with Crippen molar-refractivity contribution >= 4 is 34.9 Å². The molecule has 2 heterocycles. The maximum atomic E-state index is 11.2. The van der Waals surface area contributed by atoms with Gasteiger partial charge in [-0.3, -0.25) is 9.79 Å². The number of rotatable bonds is 1. The van der Waals surface area contributed by atoms with Gasteiger partial charge in [0.15, 0.2) is 5.84 Å². The Bertz CT molecular complexity index is 459. The highest BCUT2D eigenvalue weighted by molar-refractivity contribution is 6.37. The lowest BCUT2D eigenvalue weighted by molar-refractivity contribution is -0.119. The van der Waals surface area contributed by atoms with Crippen LogP contribution in [-0.4, -0.2) is 22.8 Å². The van der Waals surface area contributed by atoms with Crippen LogP contribution in [-0.2, 0) is 4.79 Å². The van der Waals surface area contributed by atoms with E-state index >= 15 is 0 Å². The molecule has 1 aliphatic heterocycles. The summed E-state index contributed by atoms with van der Waals surface area (Å²) in [4.78, 5) is 19.3. The van der Waals surface area contributed by atoms with Gasteiger partial charge in [-0.1, -0.05) is 23.2 Å². The van der Waals surface area contributed by atoms with E-state index in [2.05, 4.69) is 15.3 Å². The Morgan fingerprint density at radius 2 is 2.20 bits per heavy atom. The van der Waals surface area contributed by atoms with Crippen LogP contribution < -0.4 is 5.32 Å². The minimum atomic E-state index is -0.395. The number of aromatic nitrogens is 1. The molecule has 1 amide bonds. The zero-order chi connectivity index (χ0) is 11.0. The molecular formula is C9H7Cl2N3O. The molecule has 0 fully saturated rings. The van der Waals surface area contributed by atoms with Crippen molar-refractivity contribution in [3.8, 4) is 0 Å². The zero-order valence-electron chi connectivity index (χ0n) is 7.79. The molecule has 0 aliphatic carbocycles. The topological polar surface area (TPSA) is 54.4 Å². The van der Waals surface area contributed by atoms with E-state index in [1.165, 1.54) is 6.20 Å². The Balaban J connectivity index is 2.39. The fourth-order valence-corrected chi connectivity index (χ4v) is 1.68. The molecule has 0 spiro atoms. The Morgan fingerprint density at radius 1 is 1.47 bits per heavy atom. The predicted molar refractivity (Wildman–Crippen MR) is 58.4 cm³/mol. The molecule has 1 N–H and O–H groups in total. The summed E-state index contributed by atoms with van der Waals surface area (Å²) < 4.78 is 0. The van der Waals surface area contributed by atoms with Crippen LogP contribution >= 0.6 is 23.2 Å². The van der Waals surface area contributed by atoms with Crippen molar-refractivity contribution in [2.45, 2.75) is 13.0 Å². The van der Waals surface area contributed by atoms with Crippen LogP contribution in [0.5, 0.6) is 0 Å². The number of pyridine rings is 1. The Labute approximate surface area is 96.3 Å². The number of amidine groups is 1. The van der Waals surface area contributed by atoms with Crippen LogP contribution in [0.3, 0.4) is 0 Å². The third-order valence-corrected chi connectivity index (χ3v) is 2.47. The lowest BCUT2D eigenvalue weighted by Crippen LogP contribution is -2.28. The van der Waals surface area contributed by atoms with Gasteiger partial charge in [0, 0.05) is 6.20 Å². The highest BCUT2D eigenvalue weighted by Crippen LogP contribution is 2.20. The highest BCUT2D eigenvalue weighted by Gasteiger charge is 2.24. The fraction of sp³-hybridized carbons (Fsp3) is 0.222. The molecule has 0 aromatic carbocycles. The van der Waals surface area contributed by atoms with Crippen molar-refractivity contribution in [1.29, 1.82) is 0 Å². The fourth-order valence-electron chi connectivity index (χ4n) is 1.21. The molecule has 1 aromatic rings. The first kappa shape index (κ1) is 10.4. The van der Waals surface area contributed by atoms with E-state index in [-0.39, 0.29) is 5.91 Å². The normalized spacial score (nSPS) is 20.1. The molecule has 0 saturated heterocycles. The molecule has 15 heavy (non-hydrogen) atoms. The molecule has 0 radical (unpaired) electrons. The van der Waals surface area contributed by atoms with E-state index in [0.717, 1.165) is 0 Å². The third kappa shape index (κ3) is 1.96. The summed E-state index contributed by atoms with van der Waals surface area (Å²) in [6, 6.07) is 1.16. The van der Waals surface area contributed by atoms with Gasteiger partial charge in [0.25, 0.3) is 0 Å². The number of carbonyl (C=O) groups is 1. The first-order chi connectivity index (χ1) is 7.08. The Hall–Kier alpha value is -1.13. The lowest BCUT2D eigenvalue weighted by atomic mass is 10.3. The van der Waals surface area contributed by atoms with Gasteiger partial charge in [0.2, 0.25) is 5.91 Å². The van der Waals surface area contributed by atoms with Crippen LogP contribution in [0, 0.1) is 0 Å². The SMILES string of the molecule is CC1N=C(c2ncc(Cl)cc2Cl)NC1=O. The summed E-state index contributed by atoms with van der Waals surface area (Å²) >= 11 is 11.6. The van der Waals surface area contributed by atoms with Gasteiger partial charge < -0.3 is 5.32 Å². The van der Waals surface area contributed by atoms with Gasteiger partial charge in [0.1, 0.15) is 11.7 Å². The molecule has 0 saturated carbocycles. The van der Waals surface area contributed by atoms with E-state index in [4.69, 9.17) is 23.2 Å². The number of halogens is 2. The van der Waals surface area contributed by atoms with Crippen LogP contribution in [0.2, 0.25) is 10.0 Å². The van der Waals surface area contributed by atoms with Crippen molar-refractivity contribution in [1.82, 2.24) is 10.3 Å². The molecule has 6 heteroatoms. The minimum Gasteiger partial charge on any atom is -0.307 e. The standard InChI is InChI=1S/C9H7Cl2N3O/c1-4-9(15)14-8(13-4)7-6(11)2-5(10)3-12-7/h2-4H,1H3,(H,13,14,15). The Morgan fingerprint density at radius 3 is 2.73 bits per heavy atom. The van der Waals surface area contributed by atoms with Gasteiger partial charge >= 0.3 is 0 Å². The number of carbonyl (C=O) groups excluding carboxylic acids is 1. The minimum absolute atomic E-state index is 0.155. The lowest BCUT2D eigenvalue weighted by Gasteiger charge is -2.02. The molecule has 0 bridgehead atoms. The van der Waals surface area contributed by atoms with Gasteiger partial charge in [-0.15, -0.1) is 0 Å². The van der Waals surface area contributed by atoms with Crippen molar-refractivity contribution in [2.75, 3.05) is 0 Å². The molecule has 78 valence electrons. The number of nitrogens with one attached hydrogen (secondary N) is 1. The average molecular weight is 244 g/mol. The zero-order valence-corrected chi connectivity index (χ0v) is 9.30. The second kappa shape index (κ2) is 3.79. The summed E-state index contributed by atoms with van der Waals surface area (Å²) in [5, 5.41) is 3.42. The number of hydrogen-bond donors (Lipinski definition) is 1. The summed E-state index contributed by atoms with van der Waals surface area (Å²) in [5.74, 6) is 0.243. The highest BCUT2D eigenvalue weighted by atomic mass is 35.5. The van der Waals surface area contributed by atoms with E-state index < -0.39 is 6.04 Å². The van der Waals surface area contributed by atoms with Gasteiger partial charge in [-0.2, -0.15) is 0 Å². The molecule has 2 rings (SSSR count).